The summed E-state index contributed by atoms with van der Waals surface area (Å²) in [7, 11) is 1.91. The van der Waals surface area contributed by atoms with Crippen LogP contribution < -0.4 is 5.32 Å². The molecule has 2 aromatic heterocycles. The van der Waals surface area contributed by atoms with Crippen LogP contribution in [0.4, 0.5) is 0 Å². The lowest BCUT2D eigenvalue weighted by Gasteiger charge is -2.03. The molecule has 0 aliphatic rings. The number of hydrogen-bond acceptors (Lipinski definition) is 3. The first kappa shape index (κ1) is 8.90. The molecule has 0 spiro atoms. The fourth-order valence-corrected chi connectivity index (χ4v) is 1.28. The van der Waals surface area contributed by atoms with Crippen molar-refractivity contribution in [3.05, 3.63) is 42.4 Å². The monoisotopic (exact) mass is 188 g/mol. The van der Waals surface area contributed by atoms with Gasteiger partial charge in [0, 0.05) is 18.9 Å². The molecule has 0 saturated carbocycles. The van der Waals surface area contributed by atoms with Gasteiger partial charge in [0.15, 0.2) is 5.82 Å². The van der Waals surface area contributed by atoms with Gasteiger partial charge in [-0.15, -0.1) is 0 Å². The SMILES string of the molecule is CNCc1cccc(-n2cccn2)n1. The van der Waals surface area contributed by atoms with Gasteiger partial charge < -0.3 is 5.32 Å². The van der Waals surface area contributed by atoms with E-state index in [1.165, 1.54) is 0 Å². The van der Waals surface area contributed by atoms with Crippen molar-refractivity contribution < 1.29 is 0 Å². The molecule has 0 aliphatic heterocycles. The molecule has 0 atom stereocenters. The quantitative estimate of drug-likeness (QED) is 0.781. The molecule has 0 saturated heterocycles. The zero-order chi connectivity index (χ0) is 9.80. The largest absolute Gasteiger partial charge is 0.314 e. The first-order valence-corrected chi connectivity index (χ1v) is 4.51. The van der Waals surface area contributed by atoms with E-state index in [-0.39, 0.29) is 0 Å². The van der Waals surface area contributed by atoms with Crippen LogP contribution in [0.5, 0.6) is 0 Å². The molecule has 2 heterocycles. The van der Waals surface area contributed by atoms with Crippen LogP contribution in [0, 0.1) is 0 Å². The average Bonchev–Trinajstić information content (AvgIpc) is 2.71. The van der Waals surface area contributed by atoms with Gasteiger partial charge in [-0.2, -0.15) is 5.10 Å². The fourth-order valence-electron chi connectivity index (χ4n) is 1.28. The Morgan fingerprint density at radius 1 is 1.36 bits per heavy atom. The molecule has 72 valence electrons. The number of nitrogens with one attached hydrogen (secondary N) is 1. The summed E-state index contributed by atoms with van der Waals surface area (Å²) in [6, 6.07) is 7.79. The zero-order valence-electron chi connectivity index (χ0n) is 8.01. The summed E-state index contributed by atoms with van der Waals surface area (Å²) in [5, 5.41) is 7.19. The van der Waals surface area contributed by atoms with Gasteiger partial charge in [0.05, 0.1) is 5.69 Å². The normalized spacial score (nSPS) is 10.4. The summed E-state index contributed by atoms with van der Waals surface area (Å²) < 4.78 is 1.75. The average molecular weight is 188 g/mol. The highest BCUT2D eigenvalue weighted by Gasteiger charge is 1.98. The molecule has 0 bridgehead atoms. The van der Waals surface area contributed by atoms with Crippen molar-refractivity contribution in [3.8, 4) is 5.82 Å². The molecule has 4 nitrogen and oxygen atoms in total. The van der Waals surface area contributed by atoms with Gasteiger partial charge in [0.2, 0.25) is 0 Å². The van der Waals surface area contributed by atoms with E-state index in [1.54, 1.807) is 10.9 Å². The fraction of sp³-hybridized carbons (Fsp3) is 0.200. The number of nitrogens with zero attached hydrogens (tertiary/aromatic N) is 3. The minimum Gasteiger partial charge on any atom is -0.314 e. The zero-order valence-corrected chi connectivity index (χ0v) is 8.01. The number of aromatic nitrogens is 3. The van der Waals surface area contributed by atoms with E-state index in [0.717, 1.165) is 18.1 Å². The Balaban J connectivity index is 2.31. The van der Waals surface area contributed by atoms with Crippen LogP contribution in [-0.2, 0) is 6.54 Å². The molecular formula is C10H12N4. The highest BCUT2D eigenvalue weighted by molar-refractivity contribution is 5.23. The van der Waals surface area contributed by atoms with Gasteiger partial charge in [0.1, 0.15) is 0 Å². The predicted molar refractivity (Wildman–Crippen MR) is 54.1 cm³/mol. The van der Waals surface area contributed by atoms with Gasteiger partial charge in [-0.3, -0.25) is 0 Å². The second kappa shape index (κ2) is 4.02. The number of rotatable bonds is 3. The van der Waals surface area contributed by atoms with E-state index in [9.17, 15) is 0 Å². The number of hydrogen-bond donors (Lipinski definition) is 1. The van der Waals surface area contributed by atoms with Crippen molar-refractivity contribution >= 4 is 0 Å². The topological polar surface area (TPSA) is 42.7 Å². The second-order valence-electron chi connectivity index (χ2n) is 2.97. The summed E-state index contributed by atoms with van der Waals surface area (Å²) in [5.74, 6) is 0.850. The van der Waals surface area contributed by atoms with Crippen LogP contribution in [0.15, 0.2) is 36.7 Å². The van der Waals surface area contributed by atoms with E-state index in [4.69, 9.17) is 0 Å². The minimum atomic E-state index is 0.773. The van der Waals surface area contributed by atoms with Crippen molar-refractivity contribution in [3.63, 3.8) is 0 Å². The van der Waals surface area contributed by atoms with Crippen LogP contribution >= 0.6 is 0 Å². The smallest absolute Gasteiger partial charge is 0.153 e. The summed E-state index contributed by atoms with van der Waals surface area (Å²) in [6.45, 7) is 0.773. The van der Waals surface area contributed by atoms with Crippen LogP contribution in [0.25, 0.3) is 5.82 Å². The highest BCUT2D eigenvalue weighted by atomic mass is 15.3. The molecule has 2 rings (SSSR count). The minimum absolute atomic E-state index is 0.773. The van der Waals surface area contributed by atoms with Crippen molar-refractivity contribution in [1.82, 2.24) is 20.1 Å². The summed E-state index contributed by atoms with van der Waals surface area (Å²) >= 11 is 0. The van der Waals surface area contributed by atoms with E-state index < -0.39 is 0 Å². The Labute approximate surface area is 82.6 Å². The van der Waals surface area contributed by atoms with E-state index in [1.807, 2.05) is 37.5 Å². The van der Waals surface area contributed by atoms with Gasteiger partial charge in [0.25, 0.3) is 0 Å². The van der Waals surface area contributed by atoms with Crippen LogP contribution in [-0.4, -0.2) is 21.8 Å². The lowest BCUT2D eigenvalue weighted by Crippen LogP contribution is -2.08. The third kappa shape index (κ3) is 1.80. The van der Waals surface area contributed by atoms with Crippen molar-refractivity contribution in [1.29, 1.82) is 0 Å². The van der Waals surface area contributed by atoms with Crippen molar-refractivity contribution in [2.75, 3.05) is 7.05 Å². The third-order valence-corrected chi connectivity index (χ3v) is 1.89. The lowest BCUT2D eigenvalue weighted by atomic mass is 10.3. The van der Waals surface area contributed by atoms with Gasteiger partial charge in [-0.05, 0) is 25.2 Å². The number of pyridine rings is 1. The molecule has 0 amide bonds. The summed E-state index contributed by atoms with van der Waals surface area (Å²) in [6.07, 6.45) is 3.62. The Bertz CT molecular complexity index is 394. The van der Waals surface area contributed by atoms with Crippen molar-refractivity contribution in [2.45, 2.75) is 6.54 Å². The maximum atomic E-state index is 4.44. The van der Waals surface area contributed by atoms with Crippen molar-refractivity contribution in [2.24, 2.45) is 0 Å². The highest BCUT2D eigenvalue weighted by Crippen LogP contribution is 2.03. The molecule has 4 heteroatoms. The maximum Gasteiger partial charge on any atom is 0.153 e. The first-order valence-electron chi connectivity index (χ1n) is 4.51. The van der Waals surface area contributed by atoms with E-state index in [0.29, 0.717) is 0 Å². The molecule has 0 unspecified atom stereocenters. The van der Waals surface area contributed by atoms with Crippen LogP contribution in [0.2, 0.25) is 0 Å². The Morgan fingerprint density at radius 3 is 3.00 bits per heavy atom. The van der Waals surface area contributed by atoms with E-state index >= 15 is 0 Å². The summed E-state index contributed by atoms with van der Waals surface area (Å²) in [5.41, 5.74) is 1.01. The third-order valence-electron chi connectivity index (χ3n) is 1.89. The molecule has 0 fully saturated rings. The van der Waals surface area contributed by atoms with Gasteiger partial charge in [-0.25, -0.2) is 9.67 Å². The molecule has 1 N–H and O–H groups in total. The molecule has 2 aromatic rings. The first-order chi connectivity index (χ1) is 6.90. The molecule has 0 aliphatic carbocycles. The molecule has 0 aromatic carbocycles. The Morgan fingerprint density at radius 2 is 2.29 bits per heavy atom. The van der Waals surface area contributed by atoms with Gasteiger partial charge >= 0.3 is 0 Å². The Kier molecular flexibility index (Phi) is 2.55. The molecule has 0 radical (unpaired) electrons. The van der Waals surface area contributed by atoms with E-state index in [2.05, 4.69) is 15.4 Å². The van der Waals surface area contributed by atoms with Crippen LogP contribution in [0.3, 0.4) is 0 Å². The summed E-state index contributed by atoms with van der Waals surface area (Å²) in [4.78, 5) is 4.44. The van der Waals surface area contributed by atoms with Crippen LogP contribution in [0.1, 0.15) is 5.69 Å². The standard InChI is InChI=1S/C10H12N4/c1-11-8-9-4-2-5-10(13-9)14-7-3-6-12-14/h2-7,11H,8H2,1H3. The predicted octanol–water partition coefficient (Wildman–Crippen LogP) is 0.987. The second-order valence-corrected chi connectivity index (χ2v) is 2.97. The maximum absolute atomic E-state index is 4.44. The lowest BCUT2D eigenvalue weighted by molar-refractivity contribution is 0.770. The molecule has 14 heavy (non-hydrogen) atoms. The Hall–Kier alpha value is -1.68. The molecular weight excluding hydrogens is 176 g/mol. The van der Waals surface area contributed by atoms with Gasteiger partial charge in [-0.1, -0.05) is 6.07 Å².